The number of hydrogen-bond donors (Lipinski definition) is 0. The van der Waals surface area contributed by atoms with Gasteiger partial charge in [0.2, 0.25) is 0 Å². The van der Waals surface area contributed by atoms with E-state index in [1.807, 2.05) is 75.4 Å². The number of ether oxygens (including phenoxy) is 3. The second-order valence-corrected chi connectivity index (χ2v) is 9.27. The van der Waals surface area contributed by atoms with Gasteiger partial charge >= 0.3 is 12.1 Å². The lowest BCUT2D eigenvalue weighted by atomic mass is 9.98. The predicted molar refractivity (Wildman–Crippen MR) is 133 cm³/mol. The van der Waals surface area contributed by atoms with Gasteiger partial charge in [0.1, 0.15) is 11.4 Å². The number of para-hydroxylation sites is 1. The van der Waals surface area contributed by atoms with Crippen LogP contribution in [0.25, 0.3) is 32.9 Å². The number of nitrogens with zero attached hydrogens (tertiary/aromatic N) is 1. The van der Waals surface area contributed by atoms with Crippen molar-refractivity contribution in [1.29, 1.82) is 0 Å². The maximum atomic E-state index is 13.3. The topological polar surface area (TPSA) is 66.8 Å². The molecule has 1 heterocycles. The van der Waals surface area contributed by atoms with Crippen LogP contribution in [-0.2, 0) is 14.3 Å². The van der Waals surface area contributed by atoms with Gasteiger partial charge in [-0.2, -0.15) is 0 Å². The van der Waals surface area contributed by atoms with Crippen LogP contribution in [0.2, 0.25) is 0 Å². The predicted octanol–water partition coefficient (Wildman–Crippen LogP) is 6.53. The molecule has 0 N–H and O–H groups in total. The van der Waals surface area contributed by atoms with Crippen molar-refractivity contribution in [3.8, 4) is 16.9 Å². The first-order chi connectivity index (χ1) is 16.1. The van der Waals surface area contributed by atoms with E-state index in [4.69, 9.17) is 14.2 Å². The first-order valence-corrected chi connectivity index (χ1v) is 11.2. The SMILES string of the molecule is COC(=O)C(C)c1ccc2c3cc(-c4ccccc4OC)ccc3n(C(=O)OC(C)(C)C)c2c1. The Bertz CT molecular complexity index is 1390. The molecule has 3 aromatic carbocycles. The highest BCUT2D eigenvalue weighted by molar-refractivity contribution is 6.13. The first-order valence-electron chi connectivity index (χ1n) is 11.2. The highest BCUT2D eigenvalue weighted by Gasteiger charge is 2.24. The molecule has 0 radical (unpaired) electrons. The monoisotopic (exact) mass is 459 g/mol. The van der Waals surface area contributed by atoms with Crippen LogP contribution in [0.3, 0.4) is 0 Å². The number of carbonyl (C=O) groups excluding carboxylic acids is 2. The molecule has 0 amide bonds. The van der Waals surface area contributed by atoms with Gasteiger partial charge in [-0.15, -0.1) is 0 Å². The highest BCUT2D eigenvalue weighted by atomic mass is 16.6. The molecule has 0 saturated heterocycles. The Morgan fingerprint density at radius 2 is 1.62 bits per heavy atom. The quantitative estimate of drug-likeness (QED) is 0.325. The zero-order chi connectivity index (χ0) is 24.6. The van der Waals surface area contributed by atoms with Crippen molar-refractivity contribution in [2.75, 3.05) is 14.2 Å². The summed E-state index contributed by atoms with van der Waals surface area (Å²) in [4.78, 5) is 25.5. The second-order valence-electron chi connectivity index (χ2n) is 9.27. The Kier molecular flexibility index (Phi) is 6.09. The summed E-state index contributed by atoms with van der Waals surface area (Å²) in [5.41, 5.74) is 3.44. The van der Waals surface area contributed by atoms with Gasteiger partial charge in [0.25, 0.3) is 0 Å². The van der Waals surface area contributed by atoms with Crippen LogP contribution in [0, 0.1) is 0 Å². The highest BCUT2D eigenvalue weighted by Crippen LogP contribution is 2.37. The number of aromatic nitrogens is 1. The molecule has 0 aliphatic carbocycles. The van der Waals surface area contributed by atoms with Crippen molar-refractivity contribution < 1.29 is 23.8 Å². The number of carbonyl (C=O) groups is 2. The molecule has 1 unspecified atom stereocenters. The minimum Gasteiger partial charge on any atom is -0.496 e. The zero-order valence-corrected chi connectivity index (χ0v) is 20.3. The largest absolute Gasteiger partial charge is 0.496 e. The minimum absolute atomic E-state index is 0.335. The zero-order valence-electron chi connectivity index (χ0n) is 20.3. The maximum absolute atomic E-state index is 13.3. The molecular weight excluding hydrogens is 430 g/mol. The molecule has 1 aromatic heterocycles. The number of methoxy groups -OCH3 is 2. The average molecular weight is 460 g/mol. The molecule has 6 nitrogen and oxygen atoms in total. The van der Waals surface area contributed by atoms with E-state index in [2.05, 4.69) is 6.07 Å². The van der Waals surface area contributed by atoms with Gasteiger partial charge < -0.3 is 14.2 Å². The van der Waals surface area contributed by atoms with Crippen LogP contribution in [0.1, 0.15) is 39.2 Å². The number of hydrogen-bond acceptors (Lipinski definition) is 5. The van der Waals surface area contributed by atoms with E-state index in [1.165, 1.54) is 7.11 Å². The van der Waals surface area contributed by atoms with Gasteiger partial charge in [-0.1, -0.05) is 36.4 Å². The van der Waals surface area contributed by atoms with Gasteiger partial charge in [0.05, 0.1) is 31.2 Å². The van der Waals surface area contributed by atoms with Crippen molar-refractivity contribution in [3.05, 3.63) is 66.2 Å². The van der Waals surface area contributed by atoms with E-state index in [9.17, 15) is 9.59 Å². The van der Waals surface area contributed by atoms with E-state index < -0.39 is 17.6 Å². The van der Waals surface area contributed by atoms with Gasteiger partial charge in [0.15, 0.2) is 0 Å². The van der Waals surface area contributed by atoms with Crippen molar-refractivity contribution in [3.63, 3.8) is 0 Å². The summed E-state index contributed by atoms with van der Waals surface area (Å²) in [6, 6.07) is 19.5. The van der Waals surface area contributed by atoms with Gasteiger partial charge in [-0.3, -0.25) is 4.79 Å². The van der Waals surface area contributed by atoms with Crippen LogP contribution in [0.5, 0.6) is 5.75 Å². The van der Waals surface area contributed by atoms with Crippen molar-refractivity contribution in [2.24, 2.45) is 0 Å². The lowest BCUT2D eigenvalue weighted by Crippen LogP contribution is -2.27. The van der Waals surface area contributed by atoms with Crippen molar-refractivity contribution in [1.82, 2.24) is 4.57 Å². The van der Waals surface area contributed by atoms with Gasteiger partial charge in [0, 0.05) is 16.3 Å². The lowest BCUT2D eigenvalue weighted by molar-refractivity contribution is -0.141. The van der Waals surface area contributed by atoms with E-state index in [0.29, 0.717) is 5.52 Å². The fourth-order valence-corrected chi connectivity index (χ4v) is 4.18. The van der Waals surface area contributed by atoms with E-state index in [-0.39, 0.29) is 5.97 Å². The summed E-state index contributed by atoms with van der Waals surface area (Å²) in [7, 11) is 3.02. The van der Waals surface area contributed by atoms with Gasteiger partial charge in [-0.25, -0.2) is 9.36 Å². The third-order valence-corrected chi connectivity index (χ3v) is 5.84. The third-order valence-electron chi connectivity index (χ3n) is 5.84. The summed E-state index contributed by atoms with van der Waals surface area (Å²) < 4.78 is 17.8. The Labute approximate surface area is 199 Å². The third kappa shape index (κ3) is 4.23. The van der Waals surface area contributed by atoms with Gasteiger partial charge in [-0.05, 0) is 63.1 Å². The molecule has 4 aromatic rings. The normalized spacial score (nSPS) is 12.5. The maximum Gasteiger partial charge on any atom is 0.419 e. The molecule has 176 valence electrons. The number of fused-ring (bicyclic) bond motifs is 3. The standard InChI is InChI=1S/C28H29NO5/c1-17(26(30)33-6)18-11-13-21-22-15-19(20-9-7-8-10-25(20)32-5)12-14-23(22)29(24(21)16-18)27(31)34-28(2,3)4/h7-17H,1-6H3. The summed E-state index contributed by atoms with van der Waals surface area (Å²) in [5.74, 6) is -0.0340. The summed E-state index contributed by atoms with van der Waals surface area (Å²) in [6.45, 7) is 7.29. The van der Waals surface area contributed by atoms with Crippen molar-refractivity contribution in [2.45, 2.75) is 39.2 Å². The summed E-state index contributed by atoms with van der Waals surface area (Å²) in [5, 5.41) is 1.79. The van der Waals surface area contributed by atoms with Crippen molar-refractivity contribution >= 4 is 33.9 Å². The molecule has 34 heavy (non-hydrogen) atoms. The Morgan fingerprint density at radius 1 is 0.882 bits per heavy atom. The summed E-state index contributed by atoms with van der Waals surface area (Å²) >= 11 is 0. The van der Waals surface area contributed by atoms with Crippen LogP contribution in [0.4, 0.5) is 4.79 Å². The average Bonchev–Trinajstić information content (AvgIpc) is 3.14. The van der Waals surface area contributed by atoms with Crippen LogP contribution in [0.15, 0.2) is 60.7 Å². The molecule has 0 bridgehead atoms. The van der Waals surface area contributed by atoms with E-state index in [1.54, 1.807) is 18.6 Å². The van der Waals surface area contributed by atoms with Crippen LogP contribution >= 0.6 is 0 Å². The molecule has 0 fully saturated rings. The smallest absolute Gasteiger partial charge is 0.419 e. The fraction of sp³-hybridized carbons (Fsp3) is 0.286. The minimum atomic E-state index is -0.658. The molecule has 1 atom stereocenters. The number of rotatable bonds is 4. The molecule has 4 rings (SSSR count). The van der Waals surface area contributed by atoms with E-state index >= 15 is 0 Å². The molecule has 0 aliphatic heterocycles. The Morgan fingerprint density at radius 3 is 2.29 bits per heavy atom. The first kappa shape index (κ1) is 23.4. The molecule has 0 saturated carbocycles. The second kappa shape index (κ2) is 8.86. The van der Waals surface area contributed by atoms with Crippen LogP contribution < -0.4 is 4.74 Å². The summed E-state index contributed by atoms with van der Waals surface area (Å²) in [6.07, 6.45) is -0.472. The lowest BCUT2D eigenvalue weighted by Gasteiger charge is -2.20. The number of benzene rings is 3. The Balaban J connectivity index is 1.98. The number of esters is 1. The molecular formula is C28H29NO5. The van der Waals surface area contributed by atoms with Crippen LogP contribution in [-0.4, -0.2) is 36.5 Å². The Hall–Kier alpha value is -3.80. The molecule has 0 spiro atoms. The molecule has 0 aliphatic rings. The molecule has 6 heteroatoms. The fourth-order valence-electron chi connectivity index (χ4n) is 4.18. The van der Waals surface area contributed by atoms with E-state index in [0.717, 1.165) is 38.7 Å².